The Bertz CT molecular complexity index is 572. The van der Waals surface area contributed by atoms with Gasteiger partial charge in [-0.3, -0.25) is 0 Å². The van der Waals surface area contributed by atoms with Gasteiger partial charge in [-0.1, -0.05) is 21.0 Å². The van der Waals surface area contributed by atoms with E-state index in [1.807, 2.05) is 12.1 Å². The Balaban J connectivity index is 2.24. The second kappa shape index (κ2) is 5.87. The van der Waals surface area contributed by atoms with Crippen LogP contribution in [-0.4, -0.2) is 34.4 Å². The number of aromatic nitrogens is 4. The highest BCUT2D eigenvalue weighted by atomic mass is 79.9. The molecule has 0 unspecified atom stereocenters. The van der Waals surface area contributed by atoms with Crippen LogP contribution >= 0.6 is 15.9 Å². The molecule has 0 aliphatic carbocycles. The van der Waals surface area contributed by atoms with E-state index in [9.17, 15) is 0 Å². The summed E-state index contributed by atoms with van der Waals surface area (Å²) >= 11 is 3.44. The standard InChI is InChI=1S/C11H14BrN5O2/c1-17-11(14-15-16-17)13-6-7-4-8(12)5-9(18-2)10(7)19-3/h4-5H,6H2,1-3H3,(H,13,14,16). The van der Waals surface area contributed by atoms with Gasteiger partial charge in [0, 0.05) is 23.6 Å². The van der Waals surface area contributed by atoms with Gasteiger partial charge in [0.2, 0.25) is 5.95 Å². The maximum absolute atomic E-state index is 5.38. The monoisotopic (exact) mass is 327 g/mol. The molecule has 0 amide bonds. The van der Waals surface area contributed by atoms with E-state index < -0.39 is 0 Å². The van der Waals surface area contributed by atoms with E-state index in [4.69, 9.17) is 9.47 Å². The smallest absolute Gasteiger partial charge is 0.242 e. The van der Waals surface area contributed by atoms with Crippen molar-refractivity contribution in [3.8, 4) is 11.5 Å². The lowest BCUT2D eigenvalue weighted by molar-refractivity contribution is 0.352. The summed E-state index contributed by atoms with van der Waals surface area (Å²) in [5.74, 6) is 1.94. The molecule has 7 nitrogen and oxygen atoms in total. The van der Waals surface area contributed by atoms with Crippen molar-refractivity contribution in [2.75, 3.05) is 19.5 Å². The first-order chi connectivity index (χ1) is 9.15. The lowest BCUT2D eigenvalue weighted by Gasteiger charge is -2.14. The Morgan fingerprint density at radius 3 is 2.68 bits per heavy atom. The molecule has 0 atom stereocenters. The molecule has 1 aromatic heterocycles. The van der Waals surface area contributed by atoms with Crippen molar-refractivity contribution in [3.63, 3.8) is 0 Å². The third-order valence-electron chi connectivity index (χ3n) is 2.58. The van der Waals surface area contributed by atoms with Crippen LogP contribution in [0.1, 0.15) is 5.56 Å². The molecule has 1 heterocycles. The quantitative estimate of drug-likeness (QED) is 0.899. The third-order valence-corrected chi connectivity index (χ3v) is 3.04. The lowest BCUT2D eigenvalue weighted by Crippen LogP contribution is -2.07. The number of aryl methyl sites for hydroxylation is 1. The van der Waals surface area contributed by atoms with Crippen LogP contribution in [0.25, 0.3) is 0 Å². The van der Waals surface area contributed by atoms with Gasteiger partial charge >= 0.3 is 0 Å². The van der Waals surface area contributed by atoms with Crippen LogP contribution in [0, 0.1) is 0 Å². The van der Waals surface area contributed by atoms with Gasteiger partial charge in [0.25, 0.3) is 0 Å². The van der Waals surface area contributed by atoms with Crippen LogP contribution in [0.5, 0.6) is 11.5 Å². The second-order valence-electron chi connectivity index (χ2n) is 3.78. The molecule has 1 N–H and O–H groups in total. The zero-order chi connectivity index (χ0) is 13.8. The number of benzene rings is 1. The van der Waals surface area contributed by atoms with Crippen LogP contribution in [0.4, 0.5) is 5.95 Å². The van der Waals surface area contributed by atoms with E-state index in [0.717, 1.165) is 10.0 Å². The molecule has 0 bridgehead atoms. The summed E-state index contributed by atoms with van der Waals surface area (Å²) in [5, 5.41) is 14.3. The largest absolute Gasteiger partial charge is 0.493 e. The Morgan fingerprint density at radius 1 is 1.32 bits per heavy atom. The van der Waals surface area contributed by atoms with Gasteiger partial charge < -0.3 is 14.8 Å². The lowest BCUT2D eigenvalue weighted by atomic mass is 10.2. The minimum atomic E-state index is 0.521. The molecule has 0 saturated heterocycles. The summed E-state index contributed by atoms with van der Waals surface area (Å²) in [5.41, 5.74) is 0.941. The zero-order valence-corrected chi connectivity index (χ0v) is 12.4. The number of ether oxygens (including phenoxy) is 2. The van der Waals surface area contributed by atoms with Gasteiger partial charge in [-0.25, -0.2) is 4.68 Å². The Morgan fingerprint density at radius 2 is 2.11 bits per heavy atom. The van der Waals surface area contributed by atoms with Crippen LogP contribution in [0.3, 0.4) is 0 Å². The molecule has 0 aliphatic rings. The van der Waals surface area contributed by atoms with Gasteiger partial charge in [-0.05, 0) is 22.6 Å². The van der Waals surface area contributed by atoms with Crippen LogP contribution in [-0.2, 0) is 13.6 Å². The number of nitrogens with one attached hydrogen (secondary N) is 1. The summed E-state index contributed by atoms with van der Waals surface area (Å²) in [4.78, 5) is 0. The Hall–Kier alpha value is -1.83. The highest BCUT2D eigenvalue weighted by Crippen LogP contribution is 2.34. The molecular formula is C11H14BrN5O2. The number of methoxy groups -OCH3 is 2. The molecule has 1 aromatic carbocycles. The van der Waals surface area contributed by atoms with Crippen LogP contribution in [0.15, 0.2) is 16.6 Å². The van der Waals surface area contributed by atoms with Crippen molar-refractivity contribution in [3.05, 3.63) is 22.2 Å². The molecule has 0 radical (unpaired) electrons. The number of rotatable bonds is 5. The van der Waals surface area contributed by atoms with Gasteiger partial charge in [0.15, 0.2) is 11.5 Å². The van der Waals surface area contributed by atoms with Gasteiger partial charge in [-0.15, -0.1) is 0 Å². The van der Waals surface area contributed by atoms with E-state index in [1.54, 1.807) is 25.9 Å². The van der Waals surface area contributed by atoms with Crippen molar-refractivity contribution < 1.29 is 9.47 Å². The maximum Gasteiger partial charge on any atom is 0.242 e. The fraction of sp³-hybridized carbons (Fsp3) is 0.364. The number of hydrogen-bond acceptors (Lipinski definition) is 6. The second-order valence-corrected chi connectivity index (χ2v) is 4.70. The molecule has 8 heteroatoms. The van der Waals surface area contributed by atoms with Crippen molar-refractivity contribution in [2.45, 2.75) is 6.54 Å². The fourth-order valence-corrected chi connectivity index (χ4v) is 2.18. The molecule has 2 rings (SSSR count). The molecule has 0 fully saturated rings. The fourth-order valence-electron chi connectivity index (χ4n) is 1.69. The number of nitrogens with zero attached hydrogens (tertiary/aromatic N) is 4. The maximum atomic E-state index is 5.38. The number of halogens is 1. The minimum absolute atomic E-state index is 0.521. The van der Waals surface area contributed by atoms with E-state index in [2.05, 4.69) is 36.8 Å². The topological polar surface area (TPSA) is 74.1 Å². The summed E-state index contributed by atoms with van der Waals surface area (Å²) in [6, 6.07) is 3.81. The molecule has 2 aromatic rings. The molecular weight excluding hydrogens is 314 g/mol. The first-order valence-corrected chi connectivity index (χ1v) is 6.31. The summed E-state index contributed by atoms with van der Waals surface area (Å²) in [6.07, 6.45) is 0. The predicted octanol–water partition coefficient (Wildman–Crippen LogP) is 1.60. The van der Waals surface area contributed by atoms with Gasteiger partial charge in [0.05, 0.1) is 14.2 Å². The van der Waals surface area contributed by atoms with Crippen molar-refractivity contribution in [1.29, 1.82) is 0 Å². The Labute approximate surface area is 119 Å². The average Bonchev–Trinajstić information content (AvgIpc) is 2.81. The molecule has 0 spiro atoms. The van der Waals surface area contributed by atoms with E-state index in [-0.39, 0.29) is 0 Å². The molecule has 19 heavy (non-hydrogen) atoms. The zero-order valence-electron chi connectivity index (χ0n) is 10.8. The van der Waals surface area contributed by atoms with Crippen molar-refractivity contribution >= 4 is 21.9 Å². The SMILES string of the molecule is COc1cc(Br)cc(CNc2nnnn2C)c1OC. The number of tetrazole rings is 1. The minimum Gasteiger partial charge on any atom is -0.493 e. The first-order valence-electron chi connectivity index (χ1n) is 5.52. The molecule has 0 saturated carbocycles. The van der Waals surface area contributed by atoms with Crippen molar-refractivity contribution in [2.24, 2.45) is 7.05 Å². The average molecular weight is 328 g/mol. The van der Waals surface area contributed by atoms with Gasteiger partial charge in [0.1, 0.15) is 0 Å². The van der Waals surface area contributed by atoms with E-state index in [0.29, 0.717) is 24.0 Å². The highest BCUT2D eigenvalue weighted by molar-refractivity contribution is 9.10. The number of hydrogen-bond donors (Lipinski definition) is 1. The first kappa shape index (κ1) is 13.6. The van der Waals surface area contributed by atoms with Gasteiger partial charge in [-0.2, -0.15) is 0 Å². The van der Waals surface area contributed by atoms with Crippen molar-refractivity contribution in [1.82, 2.24) is 20.2 Å². The number of anilines is 1. The van der Waals surface area contributed by atoms with E-state index in [1.165, 1.54) is 0 Å². The third kappa shape index (κ3) is 2.95. The van der Waals surface area contributed by atoms with Crippen LogP contribution < -0.4 is 14.8 Å². The summed E-state index contributed by atoms with van der Waals surface area (Å²) < 4.78 is 13.1. The molecule has 102 valence electrons. The Kier molecular flexibility index (Phi) is 4.20. The van der Waals surface area contributed by atoms with Crippen LogP contribution in [0.2, 0.25) is 0 Å². The summed E-state index contributed by atoms with van der Waals surface area (Å²) in [7, 11) is 4.98. The highest BCUT2D eigenvalue weighted by Gasteiger charge is 2.12. The predicted molar refractivity (Wildman–Crippen MR) is 73.4 cm³/mol. The normalized spacial score (nSPS) is 10.3. The molecule has 0 aliphatic heterocycles. The summed E-state index contributed by atoms with van der Waals surface area (Å²) in [6.45, 7) is 0.521. The van der Waals surface area contributed by atoms with E-state index >= 15 is 0 Å².